The highest BCUT2D eigenvalue weighted by Gasteiger charge is 2.10. The normalized spacial score (nSPS) is 8.87. The Balaban J connectivity index is 0.00000112. The van der Waals surface area contributed by atoms with Gasteiger partial charge in [0.25, 0.3) is 5.91 Å². The molecular formula is C17H23NO5. The SMILES string of the molecule is CC.CC.O=C(Nc1ccc(O)c(O)c1)c1ccc(O)c(O)c1. The zero-order valence-corrected chi connectivity index (χ0v) is 13.7. The van der Waals surface area contributed by atoms with Gasteiger partial charge in [-0.15, -0.1) is 0 Å². The molecule has 0 heterocycles. The summed E-state index contributed by atoms with van der Waals surface area (Å²) >= 11 is 0. The fourth-order valence-corrected chi connectivity index (χ4v) is 1.47. The van der Waals surface area contributed by atoms with E-state index < -0.39 is 11.7 Å². The largest absolute Gasteiger partial charge is 0.504 e. The molecule has 5 N–H and O–H groups in total. The zero-order valence-electron chi connectivity index (χ0n) is 13.7. The molecule has 0 saturated heterocycles. The minimum atomic E-state index is -0.527. The van der Waals surface area contributed by atoms with Crippen molar-refractivity contribution < 1.29 is 25.2 Å². The van der Waals surface area contributed by atoms with Gasteiger partial charge in [-0.25, -0.2) is 0 Å². The van der Waals surface area contributed by atoms with E-state index in [1.54, 1.807) is 0 Å². The summed E-state index contributed by atoms with van der Waals surface area (Å²) in [5.74, 6) is -1.90. The van der Waals surface area contributed by atoms with Gasteiger partial charge in [0.05, 0.1) is 0 Å². The van der Waals surface area contributed by atoms with Gasteiger partial charge >= 0.3 is 0 Å². The molecule has 0 unspecified atom stereocenters. The number of aromatic hydroxyl groups is 4. The third kappa shape index (κ3) is 5.78. The molecule has 0 spiro atoms. The lowest BCUT2D eigenvalue weighted by atomic mass is 10.2. The number of phenols is 4. The summed E-state index contributed by atoms with van der Waals surface area (Å²) in [6.07, 6.45) is 0. The average Bonchev–Trinajstić information content (AvgIpc) is 2.57. The van der Waals surface area contributed by atoms with Gasteiger partial charge in [0.15, 0.2) is 23.0 Å². The van der Waals surface area contributed by atoms with E-state index in [1.807, 2.05) is 27.7 Å². The molecule has 23 heavy (non-hydrogen) atoms. The Morgan fingerprint density at radius 2 is 1.22 bits per heavy atom. The topological polar surface area (TPSA) is 110 Å². The van der Waals surface area contributed by atoms with Crippen molar-refractivity contribution in [2.45, 2.75) is 27.7 Å². The Bertz CT molecular complexity index is 641. The van der Waals surface area contributed by atoms with Crippen molar-refractivity contribution in [3.63, 3.8) is 0 Å². The average molecular weight is 321 g/mol. The highest BCUT2D eigenvalue weighted by molar-refractivity contribution is 6.04. The van der Waals surface area contributed by atoms with Crippen LogP contribution in [-0.2, 0) is 0 Å². The Morgan fingerprint density at radius 3 is 1.70 bits per heavy atom. The van der Waals surface area contributed by atoms with Crippen molar-refractivity contribution in [3.8, 4) is 23.0 Å². The Morgan fingerprint density at radius 1 is 0.739 bits per heavy atom. The second-order valence-electron chi connectivity index (χ2n) is 3.86. The third-order valence-electron chi connectivity index (χ3n) is 2.47. The first-order valence-corrected chi connectivity index (χ1v) is 7.32. The molecule has 0 aliphatic rings. The first kappa shape index (κ1) is 20.1. The number of carbonyl (C=O) groups excluding carboxylic acids is 1. The van der Waals surface area contributed by atoms with Crippen LogP contribution in [0.4, 0.5) is 5.69 Å². The first-order chi connectivity index (χ1) is 11.0. The van der Waals surface area contributed by atoms with Crippen LogP contribution in [0.15, 0.2) is 36.4 Å². The number of hydrogen-bond donors (Lipinski definition) is 5. The van der Waals surface area contributed by atoms with Crippen molar-refractivity contribution in [2.75, 3.05) is 5.32 Å². The van der Waals surface area contributed by atoms with Crippen molar-refractivity contribution in [1.82, 2.24) is 0 Å². The number of phenolic OH excluding ortho intramolecular Hbond substituents is 4. The lowest BCUT2D eigenvalue weighted by Gasteiger charge is -2.07. The van der Waals surface area contributed by atoms with E-state index in [4.69, 9.17) is 10.2 Å². The minimum absolute atomic E-state index is 0.142. The van der Waals surface area contributed by atoms with Crippen molar-refractivity contribution >= 4 is 11.6 Å². The van der Waals surface area contributed by atoms with Gasteiger partial charge in [0.1, 0.15) is 0 Å². The number of hydrogen-bond acceptors (Lipinski definition) is 5. The third-order valence-corrected chi connectivity index (χ3v) is 2.47. The molecule has 0 aliphatic heterocycles. The van der Waals surface area contributed by atoms with Crippen LogP contribution in [0.1, 0.15) is 38.1 Å². The summed E-state index contributed by atoms with van der Waals surface area (Å²) in [5.41, 5.74) is 0.427. The van der Waals surface area contributed by atoms with Crippen LogP contribution in [0.3, 0.4) is 0 Å². The molecule has 2 rings (SSSR count). The summed E-state index contributed by atoms with van der Waals surface area (Å²) in [5, 5.41) is 39.3. The summed E-state index contributed by atoms with van der Waals surface area (Å²) in [4.78, 5) is 11.8. The van der Waals surface area contributed by atoms with Crippen LogP contribution in [0.2, 0.25) is 0 Å². The summed E-state index contributed by atoms with van der Waals surface area (Å²) < 4.78 is 0. The van der Waals surface area contributed by atoms with E-state index in [-0.39, 0.29) is 28.5 Å². The number of nitrogens with one attached hydrogen (secondary N) is 1. The summed E-state index contributed by atoms with van der Waals surface area (Å²) in [7, 11) is 0. The monoisotopic (exact) mass is 321 g/mol. The number of amides is 1. The molecule has 0 radical (unpaired) electrons. The molecule has 0 aromatic heterocycles. The van der Waals surface area contributed by atoms with Gasteiger partial charge in [-0.3, -0.25) is 4.79 Å². The maximum Gasteiger partial charge on any atom is 0.255 e. The molecule has 0 fully saturated rings. The van der Waals surface area contributed by atoms with Crippen molar-refractivity contribution in [2.24, 2.45) is 0 Å². The molecule has 6 nitrogen and oxygen atoms in total. The summed E-state index contributed by atoms with van der Waals surface area (Å²) in [6, 6.07) is 7.48. The predicted molar refractivity (Wildman–Crippen MR) is 90.2 cm³/mol. The fraction of sp³-hybridized carbons (Fsp3) is 0.235. The standard InChI is InChI=1S/C13H11NO5.2C2H6/c15-9-3-1-7(5-11(9)17)13(19)14-8-2-4-10(16)12(18)6-8;2*1-2/h1-6,15-18H,(H,14,19);2*1-2H3. The zero-order chi connectivity index (χ0) is 18.0. The quantitative estimate of drug-likeness (QED) is 0.427. The maximum absolute atomic E-state index is 11.8. The minimum Gasteiger partial charge on any atom is -0.504 e. The number of benzene rings is 2. The van der Waals surface area contributed by atoms with E-state index in [0.717, 1.165) is 6.07 Å². The Labute approximate surface area is 135 Å². The number of rotatable bonds is 2. The second-order valence-corrected chi connectivity index (χ2v) is 3.86. The van der Waals surface area contributed by atoms with Crippen LogP contribution in [0.25, 0.3) is 0 Å². The van der Waals surface area contributed by atoms with Crippen molar-refractivity contribution in [1.29, 1.82) is 0 Å². The Hall–Kier alpha value is -2.89. The van der Waals surface area contributed by atoms with Crippen LogP contribution in [0, 0.1) is 0 Å². The van der Waals surface area contributed by atoms with Crippen LogP contribution < -0.4 is 5.32 Å². The molecule has 0 aliphatic carbocycles. The molecule has 0 bridgehead atoms. The molecule has 0 saturated carbocycles. The number of anilines is 1. The summed E-state index contributed by atoms with van der Waals surface area (Å²) in [6.45, 7) is 8.00. The molecular weight excluding hydrogens is 298 g/mol. The second kappa shape index (κ2) is 9.94. The molecule has 1 amide bonds. The highest BCUT2D eigenvalue weighted by Crippen LogP contribution is 2.28. The highest BCUT2D eigenvalue weighted by atomic mass is 16.3. The van der Waals surface area contributed by atoms with E-state index in [2.05, 4.69) is 5.32 Å². The maximum atomic E-state index is 11.8. The molecule has 126 valence electrons. The van der Waals surface area contributed by atoms with Gasteiger partial charge in [0.2, 0.25) is 0 Å². The van der Waals surface area contributed by atoms with E-state index in [9.17, 15) is 15.0 Å². The lowest BCUT2D eigenvalue weighted by molar-refractivity contribution is 0.102. The van der Waals surface area contributed by atoms with E-state index in [1.165, 1.54) is 30.3 Å². The Kier molecular flexibility index (Phi) is 8.69. The van der Waals surface area contributed by atoms with Gasteiger partial charge in [-0.05, 0) is 30.3 Å². The number of carbonyl (C=O) groups is 1. The van der Waals surface area contributed by atoms with Gasteiger partial charge in [0, 0.05) is 17.3 Å². The van der Waals surface area contributed by atoms with Gasteiger partial charge in [-0.1, -0.05) is 27.7 Å². The fourth-order valence-electron chi connectivity index (χ4n) is 1.47. The molecule has 2 aromatic rings. The van der Waals surface area contributed by atoms with Crippen LogP contribution in [0.5, 0.6) is 23.0 Å². The molecule has 6 heteroatoms. The van der Waals surface area contributed by atoms with Gasteiger partial charge < -0.3 is 25.7 Å². The molecule has 2 aromatic carbocycles. The van der Waals surface area contributed by atoms with E-state index in [0.29, 0.717) is 0 Å². The predicted octanol–water partition coefficient (Wildman–Crippen LogP) is 3.81. The molecule has 0 atom stereocenters. The van der Waals surface area contributed by atoms with E-state index >= 15 is 0 Å². The van der Waals surface area contributed by atoms with Crippen LogP contribution >= 0.6 is 0 Å². The van der Waals surface area contributed by atoms with Gasteiger partial charge in [-0.2, -0.15) is 0 Å². The smallest absolute Gasteiger partial charge is 0.255 e. The first-order valence-electron chi connectivity index (χ1n) is 7.32. The van der Waals surface area contributed by atoms with Crippen LogP contribution in [-0.4, -0.2) is 26.3 Å². The lowest BCUT2D eigenvalue weighted by Crippen LogP contribution is -2.11. The van der Waals surface area contributed by atoms with Crippen molar-refractivity contribution in [3.05, 3.63) is 42.0 Å².